The van der Waals surface area contributed by atoms with Crippen LogP contribution in [-0.4, -0.2) is 72.8 Å². The summed E-state index contributed by atoms with van der Waals surface area (Å²) >= 11 is 1.76. The Kier molecular flexibility index (Phi) is 5.71. The summed E-state index contributed by atoms with van der Waals surface area (Å²) in [6.45, 7) is 4.61. The van der Waals surface area contributed by atoms with Gasteiger partial charge in [0.05, 0.1) is 33.3 Å². The number of fused-ring (bicyclic) bond motifs is 1. The molecule has 0 bridgehead atoms. The van der Waals surface area contributed by atoms with Gasteiger partial charge in [-0.05, 0) is 44.9 Å². The van der Waals surface area contributed by atoms with Crippen molar-refractivity contribution in [3.63, 3.8) is 0 Å². The molecule has 152 valence electrons. The van der Waals surface area contributed by atoms with Crippen molar-refractivity contribution in [1.82, 2.24) is 14.8 Å². The van der Waals surface area contributed by atoms with Crippen LogP contribution in [0.15, 0.2) is 24.3 Å². The Morgan fingerprint density at radius 3 is 2.86 bits per heavy atom. The summed E-state index contributed by atoms with van der Waals surface area (Å²) in [5.41, 5.74) is 1.05. The first-order valence-electron chi connectivity index (χ1n) is 10.0. The molecule has 0 saturated carbocycles. The van der Waals surface area contributed by atoms with Gasteiger partial charge >= 0.3 is 0 Å². The second-order valence-corrected chi connectivity index (χ2v) is 11.1. The number of rotatable bonds is 5. The minimum atomic E-state index is -2.99. The van der Waals surface area contributed by atoms with E-state index in [2.05, 4.69) is 11.0 Å². The minimum absolute atomic E-state index is 0.0505. The molecule has 2 aromatic rings. The van der Waals surface area contributed by atoms with Gasteiger partial charge in [-0.3, -0.25) is 9.69 Å². The Balaban J connectivity index is 1.40. The van der Waals surface area contributed by atoms with E-state index in [-0.39, 0.29) is 23.5 Å². The molecule has 0 radical (unpaired) electrons. The molecule has 6 nitrogen and oxygen atoms in total. The van der Waals surface area contributed by atoms with Crippen LogP contribution in [0, 0.1) is 0 Å². The van der Waals surface area contributed by atoms with Gasteiger partial charge in [0, 0.05) is 25.0 Å². The molecule has 1 aromatic heterocycles. The number of benzene rings is 1. The number of likely N-dealkylation sites (tertiary alicyclic amines) is 1. The van der Waals surface area contributed by atoms with Gasteiger partial charge < -0.3 is 4.90 Å². The van der Waals surface area contributed by atoms with E-state index in [9.17, 15) is 13.2 Å². The third-order valence-corrected chi connectivity index (χ3v) is 8.78. The monoisotopic (exact) mass is 421 g/mol. The van der Waals surface area contributed by atoms with Crippen molar-refractivity contribution in [2.24, 2.45) is 0 Å². The number of aromatic nitrogens is 1. The van der Waals surface area contributed by atoms with Crippen LogP contribution >= 0.6 is 11.3 Å². The van der Waals surface area contributed by atoms with Gasteiger partial charge in [-0.2, -0.15) is 0 Å². The molecule has 28 heavy (non-hydrogen) atoms. The number of sulfone groups is 1. The Bertz CT molecular complexity index is 924. The molecule has 3 heterocycles. The van der Waals surface area contributed by atoms with Crippen LogP contribution in [0.1, 0.15) is 37.1 Å². The average Bonchev–Trinajstić information content (AvgIpc) is 3.25. The van der Waals surface area contributed by atoms with Crippen molar-refractivity contribution in [3.05, 3.63) is 29.3 Å². The molecule has 0 unspecified atom stereocenters. The maximum atomic E-state index is 12.9. The summed E-state index contributed by atoms with van der Waals surface area (Å²) in [4.78, 5) is 21.7. The molecule has 2 fully saturated rings. The lowest BCUT2D eigenvalue weighted by Crippen LogP contribution is -2.47. The summed E-state index contributed by atoms with van der Waals surface area (Å²) in [5, 5.41) is 1.16. The summed E-state index contributed by atoms with van der Waals surface area (Å²) < 4.78 is 24.8. The Labute approximate surface area is 170 Å². The van der Waals surface area contributed by atoms with E-state index in [1.165, 1.54) is 4.70 Å². The van der Waals surface area contributed by atoms with E-state index in [0.717, 1.165) is 36.5 Å². The zero-order chi connectivity index (χ0) is 19.7. The number of carbonyl (C=O) groups is 1. The molecule has 8 heteroatoms. The number of nitrogens with zero attached hydrogens (tertiary/aromatic N) is 3. The zero-order valence-corrected chi connectivity index (χ0v) is 17.8. The number of likely N-dealkylation sites (N-methyl/N-ethyl adjacent to an activating group) is 1. The van der Waals surface area contributed by atoms with E-state index >= 15 is 0 Å². The molecule has 4 rings (SSSR count). The number of para-hydroxylation sites is 1. The van der Waals surface area contributed by atoms with Crippen LogP contribution in [0.2, 0.25) is 0 Å². The van der Waals surface area contributed by atoms with Gasteiger partial charge in [0.2, 0.25) is 5.91 Å². The van der Waals surface area contributed by atoms with Crippen molar-refractivity contribution in [1.29, 1.82) is 0 Å². The van der Waals surface area contributed by atoms with Crippen LogP contribution in [0.4, 0.5) is 0 Å². The van der Waals surface area contributed by atoms with Crippen LogP contribution < -0.4 is 0 Å². The van der Waals surface area contributed by atoms with E-state index in [1.807, 2.05) is 25.1 Å². The molecule has 2 aliphatic rings. The molecule has 1 amide bonds. The summed E-state index contributed by atoms with van der Waals surface area (Å²) in [7, 11) is -2.99. The number of carbonyl (C=O) groups excluding carboxylic acids is 1. The lowest BCUT2D eigenvalue weighted by molar-refractivity contribution is -0.134. The Hall–Kier alpha value is -1.51. The zero-order valence-electron chi connectivity index (χ0n) is 16.2. The molecular formula is C20H27N3O3S2. The van der Waals surface area contributed by atoms with Crippen molar-refractivity contribution in [2.45, 2.75) is 38.1 Å². The van der Waals surface area contributed by atoms with Crippen LogP contribution in [-0.2, 0) is 14.6 Å². The quantitative estimate of drug-likeness (QED) is 0.742. The second kappa shape index (κ2) is 8.08. The van der Waals surface area contributed by atoms with E-state index in [0.29, 0.717) is 25.4 Å². The highest BCUT2D eigenvalue weighted by molar-refractivity contribution is 7.91. The number of piperidine rings is 1. The first-order valence-corrected chi connectivity index (χ1v) is 12.7. The molecule has 0 spiro atoms. The van der Waals surface area contributed by atoms with Crippen molar-refractivity contribution in [2.75, 3.05) is 37.7 Å². The van der Waals surface area contributed by atoms with E-state index in [4.69, 9.17) is 4.98 Å². The van der Waals surface area contributed by atoms with Crippen molar-refractivity contribution >= 4 is 37.3 Å². The first kappa shape index (κ1) is 19.8. The van der Waals surface area contributed by atoms with Crippen LogP contribution in [0.5, 0.6) is 0 Å². The van der Waals surface area contributed by atoms with Crippen LogP contribution in [0.25, 0.3) is 10.2 Å². The largest absolute Gasteiger partial charge is 0.338 e. The fraction of sp³-hybridized carbons (Fsp3) is 0.600. The number of hydrogen-bond donors (Lipinski definition) is 0. The average molecular weight is 422 g/mol. The summed E-state index contributed by atoms with van der Waals surface area (Å²) in [6, 6.07) is 8.05. The Morgan fingerprint density at radius 1 is 1.32 bits per heavy atom. The minimum Gasteiger partial charge on any atom is -0.338 e. The molecule has 2 atom stereocenters. The first-order chi connectivity index (χ1) is 13.4. The highest BCUT2D eigenvalue weighted by Crippen LogP contribution is 2.33. The highest BCUT2D eigenvalue weighted by atomic mass is 32.2. The number of thiazole rings is 1. The third kappa shape index (κ3) is 4.23. The third-order valence-electron chi connectivity index (χ3n) is 5.83. The van der Waals surface area contributed by atoms with E-state index < -0.39 is 9.84 Å². The SMILES string of the molecule is CCN(C(=O)CN1CCC[C@H](c2nc3ccccc3s2)C1)[C@H]1CCS(=O)(=O)C1. The topological polar surface area (TPSA) is 70.6 Å². The Morgan fingerprint density at radius 2 is 2.14 bits per heavy atom. The highest BCUT2D eigenvalue weighted by Gasteiger charge is 2.35. The molecule has 2 saturated heterocycles. The summed E-state index contributed by atoms with van der Waals surface area (Å²) in [6.07, 6.45) is 2.72. The lowest BCUT2D eigenvalue weighted by Gasteiger charge is -2.34. The predicted molar refractivity (Wildman–Crippen MR) is 112 cm³/mol. The van der Waals surface area contributed by atoms with Crippen molar-refractivity contribution in [3.8, 4) is 0 Å². The van der Waals surface area contributed by atoms with Crippen LogP contribution in [0.3, 0.4) is 0 Å². The fourth-order valence-corrected chi connectivity index (χ4v) is 7.23. The molecule has 1 aromatic carbocycles. The van der Waals surface area contributed by atoms with Gasteiger partial charge in [0.1, 0.15) is 0 Å². The van der Waals surface area contributed by atoms with Gasteiger partial charge in [-0.25, -0.2) is 13.4 Å². The maximum Gasteiger partial charge on any atom is 0.237 e. The van der Waals surface area contributed by atoms with E-state index in [1.54, 1.807) is 16.2 Å². The van der Waals surface area contributed by atoms with Crippen molar-refractivity contribution < 1.29 is 13.2 Å². The smallest absolute Gasteiger partial charge is 0.237 e. The molecule has 0 N–H and O–H groups in total. The standard InChI is InChI=1S/C20H27N3O3S2/c1-2-23(16-9-11-28(25,26)14-16)19(24)13-22-10-5-6-15(12-22)20-21-17-7-3-4-8-18(17)27-20/h3-4,7-8,15-16H,2,5-6,9-14H2,1H3/t15-,16-/m0/s1. The van der Waals surface area contributed by atoms with Gasteiger partial charge in [-0.15, -0.1) is 11.3 Å². The van der Waals surface area contributed by atoms with Gasteiger partial charge in [0.25, 0.3) is 0 Å². The fourth-order valence-electron chi connectivity index (χ4n) is 4.41. The molecule has 2 aliphatic heterocycles. The molecular weight excluding hydrogens is 394 g/mol. The van der Waals surface area contributed by atoms with Gasteiger partial charge in [0.15, 0.2) is 9.84 Å². The number of amides is 1. The normalized spacial score (nSPS) is 25.2. The summed E-state index contributed by atoms with van der Waals surface area (Å²) in [5.74, 6) is 0.724. The lowest BCUT2D eigenvalue weighted by atomic mass is 9.98. The second-order valence-electron chi connectivity index (χ2n) is 7.83. The predicted octanol–water partition coefficient (Wildman–Crippen LogP) is 2.51. The van der Waals surface area contributed by atoms with Gasteiger partial charge in [-0.1, -0.05) is 12.1 Å². The molecule has 0 aliphatic carbocycles. The maximum absolute atomic E-state index is 12.9. The number of hydrogen-bond acceptors (Lipinski definition) is 6.